The van der Waals surface area contributed by atoms with Crippen LogP contribution in [0.3, 0.4) is 0 Å². The van der Waals surface area contributed by atoms with E-state index in [0.29, 0.717) is 12.3 Å². The van der Waals surface area contributed by atoms with Gasteiger partial charge in [-0.3, -0.25) is 10.1 Å². The lowest BCUT2D eigenvalue weighted by Gasteiger charge is -2.29. The van der Waals surface area contributed by atoms with Crippen molar-refractivity contribution in [1.29, 1.82) is 0 Å². The molecule has 2 heterocycles. The van der Waals surface area contributed by atoms with E-state index in [9.17, 15) is 4.79 Å². The van der Waals surface area contributed by atoms with Crippen LogP contribution in [-0.2, 0) is 17.8 Å². The smallest absolute Gasteiger partial charge is 0.321 e. The first-order chi connectivity index (χ1) is 8.52. The molecule has 5 heteroatoms. The van der Waals surface area contributed by atoms with Gasteiger partial charge in [-0.05, 0) is 12.3 Å². The van der Waals surface area contributed by atoms with E-state index in [0.717, 1.165) is 18.7 Å². The van der Waals surface area contributed by atoms with Gasteiger partial charge < -0.3 is 9.67 Å². The zero-order valence-electron chi connectivity index (χ0n) is 11.2. The molecule has 0 saturated heterocycles. The Hall–Kier alpha value is -1.36. The molecule has 0 aromatic carbocycles. The van der Waals surface area contributed by atoms with Gasteiger partial charge in [0.25, 0.3) is 0 Å². The van der Waals surface area contributed by atoms with E-state index in [-0.39, 0.29) is 6.04 Å². The number of aromatic nitrogens is 2. The van der Waals surface area contributed by atoms with Crippen molar-refractivity contribution < 1.29 is 9.90 Å². The molecule has 2 N–H and O–H groups in total. The summed E-state index contributed by atoms with van der Waals surface area (Å²) in [6, 6.07) is -0.416. The summed E-state index contributed by atoms with van der Waals surface area (Å²) < 4.78 is 2.17. The van der Waals surface area contributed by atoms with Crippen molar-refractivity contribution in [2.75, 3.05) is 0 Å². The van der Waals surface area contributed by atoms with Gasteiger partial charge in [-0.2, -0.15) is 0 Å². The molecule has 1 aromatic heterocycles. The number of hydrogen-bond acceptors (Lipinski definition) is 3. The summed E-state index contributed by atoms with van der Waals surface area (Å²) in [5, 5.41) is 12.3. The monoisotopic (exact) mass is 251 g/mol. The van der Waals surface area contributed by atoms with E-state index in [1.54, 1.807) is 0 Å². The van der Waals surface area contributed by atoms with E-state index >= 15 is 0 Å². The molecular weight excluding hydrogens is 230 g/mol. The number of nitrogens with one attached hydrogen (secondary N) is 1. The van der Waals surface area contributed by atoms with E-state index in [1.165, 1.54) is 5.69 Å². The van der Waals surface area contributed by atoms with Gasteiger partial charge >= 0.3 is 5.97 Å². The van der Waals surface area contributed by atoms with E-state index in [4.69, 9.17) is 5.11 Å². The summed E-state index contributed by atoms with van der Waals surface area (Å²) in [5.74, 6) is -0.240. The number of hydrogen-bond donors (Lipinski definition) is 2. The highest BCUT2D eigenvalue weighted by molar-refractivity contribution is 5.74. The van der Waals surface area contributed by atoms with Crippen molar-refractivity contribution in [2.24, 2.45) is 5.92 Å². The molecule has 0 aliphatic carbocycles. The van der Waals surface area contributed by atoms with Crippen LogP contribution in [0.4, 0.5) is 0 Å². The Labute approximate surface area is 107 Å². The van der Waals surface area contributed by atoms with Crippen LogP contribution in [0.5, 0.6) is 0 Å². The quantitative estimate of drug-likeness (QED) is 0.852. The van der Waals surface area contributed by atoms with Gasteiger partial charge in [-0.1, -0.05) is 20.8 Å². The number of rotatable bonds is 4. The number of fused-ring (bicyclic) bond motifs is 1. The van der Waals surface area contributed by atoms with Crippen LogP contribution in [0.15, 0.2) is 6.33 Å². The van der Waals surface area contributed by atoms with Crippen molar-refractivity contribution in [1.82, 2.24) is 14.9 Å². The second kappa shape index (κ2) is 5.10. The van der Waals surface area contributed by atoms with E-state index < -0.39 is 12.0 Å². The lowest BCUT2D eigenvalue weighted by atomic mass is 9.97. The fourth-order valence-electron chi connectivity index (χ4n) is 2.57. The maximum Gasteiger partial charge on any atom is 0.321 e. The van der Waals surface area contributed by atoms with Gasteiger partial charge in [0.1, 0.15) is 6.04 Å². The molecular formula is C13H21N3O2. The van der Waals surface area contributed by atoms with Gasteiger partial charge in [0.2, 0.25) is 0 Å². The van der Waals surface area contributed by atoms with Crippen LogP contribution in [0, 0.1) is 5.92 Å². The predicted octanol–water partition coefficient (Wildman–Crippen LogP) is 1.59. The Balaban J connectivity index is 2.31. The van der Waals surface area contributed by atoms with Crippen molar-refractivity contribution in [3.63, 3.8) is 0 Å². The number of imidazole rings is 1. The minimum atomic E-state index is -0.794. The van der Waals surface area contributed by atoms with Gasteiger partial charge in [-0.25, -0.2) is 4.98 Å². The standard InChI is InChI=1S/C13H21N3O2/c1-4-9-12-10(5-11(15-9)13(17)18)14-7-16(12)6-8(2)3/h7-9,11,15H,4-6H2,1-3H3,(H,17,18). The SMILES string of the molecule is CCC1NC(C(=O)O)Cc2ncn(CC(C)C)c21. The third-order valence-electron chi connectivity index (χ3n) is 3.36. The zero-order chi connectivity index (χ0) is 13.3. The fraction of sp³-hybridized carbons (Fsp3) is 0.692. The highest BCUT2D eigenvalue weighted by atomic mass is 16.4. The molecule has 2 rings (SSSR count). The minimum Gasteiger partial charge on any atom is -0.480 e. The maximum atomic E-state index is 11.1. The second-order valence-electron chi connectivity index (χ2n) is 5.35. The Morgan fingerprint density at radius 1 is 1.67 bits per heavy atom. The fourth-order valence-corrected chi connectivity index (χ4v) is 2.57. The summed E-state index contributed by atoms with van der Waals surface area (Å²) in [5.41, 5.74) is 2.11. The van der Waals surface area contributed by atoms with Crippen LogP contribution in [0.2, 0.25) is 0 Å². The molecule has 18 heavy (non-hydrogen) atoms. The Kier molecular flexibility index (Phi) is 3.71. The summed E-state index contributed by atoms with van der Waals surface area (Å²) in [4.78, 5) is 15.5. The highest BCUT2D eigenvalue weighted by Crippen LogP contribution is 2.27. The summed E-state index contributed by atoms with van der Waals surface area (Å²) in [6.45, 7) is 7.34. The van der Waals surface area contributed by atoms with Crippen LogP contribution in [-0.4, -0.2) is 26.7 Å². The Bertz CT molecular complexity index is 439. The number of carboxylic acids is 1. The molecule has 1 aliphatic rings. The average molecular weight is 251 g/mol. The zero-order valence-corrected chi connectivity index (χ0v) is 11.2. The number of nitrogens with zero attached hydrogens (tertiary/aromatic N) is 2. The number of aliphatic carboxylic acids is 1. The molecule has 100 valence electrons. The van der Waals surface area contributed by atoms with Crippen molar-refractivity contribution in [3.8, 4) is 0 Å². The normalized spacial score (nSPS) is 23.1. The number of carboxylic acid groups (broad SMARTS) is 1. The largest absolute Gasteiger partial charge is 0.480 e. The molecule has 0 amide bonds. The van der Waals surface area contributed by atoms with Gasteiger partial charge in [0, 0.05) is 19.0 Å². The van der Waals surface area contributed by atoms with Crippen LogP contribution >= 0.6 is 0 Å². The van der Waals surface area contributed by atoms with Gasteiger partial charge in [0.15, 0.2) is 0 Å². The van der Waals surface area contributed by atoms with E-state index in [2.05, 4.69) is 35.6 Å². The molecule has 0 saturated carbocycles. The molecule has 0 fully saturated rings. The topological polar surface area (TPSA) is 67.2 Å². The number of carbonyl (C=O) groups is 1. The first-order valence-corrected chi connectivity index (χ1v) is 6.55. The molecule has 2 unspecified atom stereocenters. The maximum absolute atomic E-state index is 11.1. The molecule has 2 atom stereocenters. The Morgan fingerprint density at radius 2 is 2.39 bits per heavy atom. The summed E-state index contributed by atoms with van der Waals surface area (Å²) in [6.07, 6.45) is 3.20. The molecule has 0 radical (unpaired) electrons. The van der Waals surface area contributed by atoms with Gasteiger partial charge in [-0.15, -0.1) is 0 Å². The second-order valence-corrected chi connectivity index (χ2v) is 5.35. The third kappa shape index (κ3) is 2.41. The van der Waals surface area contributed by atoms with Crippen LogP contribution in [0.1, 0.15) is 44.6 Å². The van der Waals surface area contributed by atoms with E-state index in [1.807, 2.05) is 6.33 Å². The summed E-state index contributed by atoms with van der Waals surface area (Å²) in [7, 11) is 0. The van der Waals surface area contributed by atoms with Crippen molar-refractivity contribution in [2.45, 2.75) is 52.2 Å². The summed E-state index contributed by atoms with van der Waals surface area (Å²) >= 11 is 0. The first kappa shape index (κ1) is 13.1. The third-order valence-corrected chi connectivity index (χ3v) is 3.36. The lowest BCUT2D eigenvalue weighted by Crippen LogP contribution is -2.45. The van der Waals surface area contributed by atoms with Gasteiger partial charge in [0.05, 0.1) is 17.7 Å². The molecule has 1 aliphatic heterocycles. The molecule has 5 nitrogen and oxygen atoms in total. The molecule has 0 spiro atoms. The van der Waals surface area contributed by atoms with Crippen molar-refractivity contribution in [3.05, 3.63) is 17.7 Å². The van der Waals surface area contributed by atoms with Crippen molar-refractivity contribution >= 4 is 5.97 Å². The molecule has 1 aromatic rings. The molecule has 0 bridgehead atoms. The minimum absolute atomic E-state index is 0.0936. The highest BCUT2D eigenvalue weighted by Gasteiger charge is 2.32. The van der Waals surface area contributed by atoms with Crippen LogP contribution in [0.25, 0.3) is 0 Å². The first-order valence-electron chi connectivity index (χ1n) is 6.55. The predicted molar refractivity (Wildman–Crippen MR) is 68.4 cm³/mol. The van der Waals surface area contributed by atoms with Crippen LogP contribution < -0.4 is 5.32 Å². The Morgan fingerprint density at radius 3 is 2.94 bits per heavy atom. The lowest BCUT2D eigenvalue weighted by molar-refractivity contribution is -0.139. The average Bonchev–Trinajstić information content (AvgIpc) is 2.70.